The summed E-state index contributed by atoms with van der Waals surface area (Å²) in [7, 11) is 0. The van der Waals surface area contributed by atoms with Crippen molar-refractivity contribution < 1.29 is 19.7 Å². The summed E-state index contributed by atoms with van der Waals surface area (Å²) in [5, 5.41) is 17.6. The lowest BCUT2D eigenvalue weighted by molar-refractivity contribution is 0.273. The van der Waals surface area contributed by atoms with Crippen molar-refractivity contribution in [3.63, 3.8) is 0 Å². The molecule has 4 heteroatoms. The van der Waals surface area contributed by atoms with Gasteiger partial charge in [-0.2, -0.15) is 0 Å². The van der Waals surface area contributed by atoms with Gasteiger partial charge in [0.25, 0.3) is 0 Å². The van der Waals surface area contributed by atoms with Crippen LogP contribution < -0.4 is 9.47 Å². The van der Waals surface area contributed by atoms with E-state index in [9.17, 15) is 0 Å². The van der Waals surface area contributed by atoms with Crippen molar-refractivity contribution >= 4 is 0 Å². The van der Waals surface area contributed by atoms with E-state index < -0.39 is 0 Å². The molecule has 0 atom stereocenters. The summed E-state index contributed by atoms with van der Waals surface area (Å²) >= 11 is 0. The number of hydrogen-bond donors (Lipinski definition) is 2. The molecule has 3 aromatic carbocycles. The zero-order chi connectivity index (χ0) is 26.7. The minimum absolute atomic E-state index is 0.285. The molecule has 0 aromatic heterocycles. The van der Waals surface area contributed by atoms with Crippen molar-refractivity contribution in [3.05, 3.63) is 95.1 Å². The van der Waals surface area contributed by atoms with Gasteiger partial charge in [-0.3, -0.25) is 0 Å². The molecule has 0 fully saturated rings. The number of rotatable bonds is 20. The van der Waals surface area contributed by atoms with E-state index >= 15 is 0 Å². The van der Waals surface area contributed by atoms with Crippen LogP contribution >= 0.6 is 0 Å². The van der Waals surface area contributed by atoms with Gasteiger partial charge in [0, 0.05) is 13.2 Å². The fourth-order valence-corrected chi connectivity index (χ4v) is 4.47. The Morgan fingerprint density at radius 2 is 0.658 bits per heavy atom. The minimum atomic E-state index is 0.285. The van der Waals surface area contributed by atoms with E-state index in [2.05, 4.69) is 72.8 Å². The highest BCUT2D eigenvalue weighted by Gasteiger charge is 2.02. The van der Waals surface area contributed by atoms with Crippen molar-refractivity contribution in [2.75, 3.05) is 26.4 Å². The van der Waals surface area contributed by atoms with Crippen LogP contribution in [0.1, 0.15) is 73.6 Å². The largest absolute Gasteiger partial charge is 0.494 e. The summed E-state index contributed by atoms with van der Waals surface area (Å²) in [6.45, 7) is 2.05. The van der Waals surface area contributed by atoms with Gasteiger partial charge in [0.1, 0.15) is 11.5 Å². The van der Waals surface area contributed by atoms with Crippen LogP contribution in [0.2, 0.25) is 0 Å². The normalized spacial score (nSPS) is 11.0. The van der Waals surface area contributed by atoms with Crippen LogP contribution in [-0.2, 0) is 25.7 Å². The highest BCUT2D eigenvalue weighted by atomic mass is 16.5. The fourth-order valence-electron chi connectivity index (χ4n) is 4.47. The summed E-state index contributed by atoms with van der Waals surface area (Å²) in [6, 6.07) is 26.0. The summed E-state index contributed by atoms with van der Waals surface area (Å²) in [6.07, 6.45) is 12.3. The molecule has 0 aliphatic heterocycles. The van der Waals surface area contributed by atoms with Gasteiger partial charge in [0.2, 0.25) is 0 Å². The Labute approximate surface area is 229 Å². The molecular formula is C34H46O4. The quantitative estimate of drug-likeness (QED) is 0.156. The first-order valence-corrected chi connectivity index (χ1v) is 14.5. The Hall–Kier alpha value is -2.82. The second kappa shape index (κ2) is 18.4. The van der Waals surface area contributed by atoms with Crippen molar-refractivity contribution in [3.8, 4) is 11.5 Å². The average Bonchev–Trinajstić information content (AvgIpc) is 2.96. The molecular weight excluding hydrogens is 472 g/mol. The predicted molar refractivity (Wildman–Crippen MR) is 156 cm³/mol. The van der Waals surface area contributed by atoms with E-state index in [0.717, 1.165) is 102 Å². The summed E-state index contributed by atoms with van der Waals surface area (Å²) in [4.78, 5) is 0. The van der Waals surface area contributed by atoms with Crippen molar-refractivity contribution in [1.29, 1.82) is 0 Å². The number of unbranched alkanes of at least 4 members (excludes halogenated alkanes) is 6. The van der Waals surface area contributed by atoms with Gasteiger partial charge >= 0.3 is 0 Å². The number of aryl methyl sites for hydroxylation is 4. The Kier molecular flexibility index (Phi) is 14.4. The lowest BCUT2D eigenvalue weighted by Crippen LogP contribution is -1.98. The van der Waals surface area contributed by atoms with Gasteiger partial charge < -0.3 is 19.7 Å². The summed E-state index contributed by atoms with van der Waals surface area (Å²) < 4.78 is 11.7. The molecule has 0 amide bonds. The van der Waals surface area contributed by atoms with Crippen LogP contribution in [0.3, 0.4) is 0 Å². The van der Waals surface area contributed by atoms with E-state index in [1.54, 1.807) is 0 Å². The highest BCUT2D eigenvalue weighted by molar-refractivity contribution is 5.30. The van der Waals surface area contributed by atoms with Crippen molar-refractivity contribution in [2.45, 2.75) is 77.0 Å². The molecule has 0 saturated carbocycles. The number of aliphatic hydroxyl groups excluding tert-OH is 2. The molecule has 2 N–H and O–H groups in total. The van der Waals surface area contributed by atoms with E-state index in [-0.39, 0.29) is 13.2 Å². The van der Waals surface area contributed by atoms with Crippen LogP contribution in [0, 0.1) is 0 Å². The van der Waals surface area contributed by atoms with Crippen LogP contribution in [0.15, 0.2) is 72.8 Å². The van der Waals surface area contributed by atoms with E-state index in [1.165, 1.54) is 22.3 Å². The minimum Gasteiger partial charge on any atom is -0.494 e. The molecule has 0 unspecified atom stereocenters. The van der Waals surface area contributed by atoms with Crippen molar-refractivity contribution in [2.24, 2.45) is 0 Å². The Bertz CT molecular complexity index is 898. The first-order chi connectivity index (χ1) is 18.8. The van der Waals surface area contributed by atoms with Crippen LogP contribution in [0.25, 0.3) is 0 Å². The van der Waals surface area contributed by atoms with Crippen molar-refractivity contribution in [1.82, 2.24) is 0 Å². The first kappa shape index (κ1) is 29.7. The van der Waals surface area contributed by atoms with Crippen LogP contribution in [0.5, 0.6) is 11.5 Å². The molecule has 0 heterocycles. The standard InChI is InChI=1S/C34H46O4/c35-25-5-1-3-7-27-37-33-21-17-31(18-22-33)15-13-29-9-11-30(12-10-29)14-16-32-19-23-34(24-20-32)38-28-8-4-2-6-26-36/h9-12,17-24,35-36H,1-8,13-16,25-28H2. The van der Waals surface area contributed by atoms with Gasteiger partial charge in [-0.05, 0) is 111 Å². The van der Waals surface area contributed by atoms with Crippen LogP contribution in [0.4, 0.5) is 0 Å². The monoisotopic (exact) mass is 518 g/mol. The third-order valence-corrected chi connectivity index (χ3v) is 6.92. The molecule has 0 saturated heterocycles. The molecule has 0 bridgehead atoms. The maximum absolute atomic E-state index is 8.82. The predicted octanol–water partition coefficient (Wildman–Crippen LogP) is 7.12. The zero-order valence-corrected chi connectivity index (χ0v) is 23.0. The topological polar surface area (TPSA) is 58.9 Å². The third kappa shape index (κ3) is 12.1. The second-order valence-corrected chi connectivity index (χ2v) is 10.1. The number of ether oxygens (including phenoxy) is 2. The molecule has 38 heavy (non-hydrogen) atoms. The highest BCUT2D eigenvalue weighted by Crippen LogP contribution is 2.17. The molecule has 3 rings (SSSR count). The van der Waals surface area contributed by atoms with Gasteiger partial charge in [0.15, 0.2) is 0 Å². The molecule has 0 aliphatic rings. The van der Waals surface area contributed by atoms with Gasteiger partial charge in [-0.1, -0.05) is 61.4 Å². The zero-order valence-electron chi connectivity index (χ0n) is 23.0. The van der Waals surface area contributed by atoms with E-state index in [0.29, 0.717) is 0 Å². The Balaban J connectivity index is 1.31. The van der Waals surface area contributed by atoms with Crippen LogP contribution in [-0.4, -0.2) is 36.6 Å². The molecule has 206 valence electrons. The lowest BCUT2D eigenvalue weighted by atomic mass is 10.0. The third-order valence-electron chi connectivity index (χ3n) is 6.92. The summed E-state index contributed by atoms with van der Waals surface area (Å²) in [5.41, 5.74) is 5.40. The fraction of sp³-hybridized carbons (Fsp3) is 0.471. The number of benzene rings is 3. The number of hydrogen-bond acceptors (Lipinski definition) is 4. The Morgan fingerprint density at radius 3 is 0.974 bits per heavy atom. The summed E-state index contributed by atoms with van der Waals surface area (Å²) in [5.74, 6) is 1.88. The molecule has 0 aliphatic carbocycles. The maximum atomic E-state index is 8.82. The van der Waals surface area contributed by atoms with Gasteiger partial charge in [-0.25, -0.2) is 0 Å². The molecule has 0 radical (unpaired) electrons. The first-order valence-electron chi connectivity index (χ1n) is 14.5. The SMILES string of the molecule is OCCCCCCOc1ccc(CCc2ccc(CCc3ccc(OCCCCCCO)cc3)cc2)cc1. The Morgan fingerprint density at radius 1 is 0.368 bits per heavy atom. The molecule has 0 spiro atoms. The number of aliphatic hydroxyl groups is 2. The van der Waals surface area contributed by atoms with Gasteiger partial charge in [-0.15, -0.1) is 0 Å². The average molecular weight is 519 g/mol. The van der Waals surface area contributed by atoms with Gasteiger partial charge in [0.05, 0.1) is 13.2 Å². The van der Waals surface area contributed by atoms with E-state index in [1.807, 2.05) is 0 Å². The molecule has 4 nitrogen and oxygen atoms in total. The maximum Gasteiger partial charge on any atom is 0.119 e. The lowest BCUT2D eigenvalue weighted by Gasteiger charge is -2.09. The van der Waals surface area contributed by atoms with E-state index in [4.69, 9.17) is 19.7 Å². The molecule has 3 aromatic rings. The second-order valence-electron chi connectivity index (χ2n) is 10.1. The smallest absolute Gasteiger partial charge is 0.119 e.